The van der Waals surface area contributed by atoms with E-state index in [0.29, 0.717) is 41.8 Å². The van der Waals surface area contributed by atoms with Gasteiger partial charge in [-0.2, -0.15) is 13.1 Å². The molecule has 1 aromatic carbocycles. The van der Waals surface area contributed by atoms with Crippen LogP contribution in [0.1, 0.15) is 77.3 Å². The molecule has 0 bridgehead atoms. The molecule has 1 aliphatic carbocycles. The summed E-state index contributed by atoms with van der Waals surface area (Å²) in [6.07, 6.45) is 2.69. The summed E-state index contributed by atoms with van der Waals surface area (Å²) in [5, 5.41) is 14.5. The summed E-state index contributed by atoms with van der Waals surface area (Å²) in [6.45, 7) is 9.63. The lowest BCUT2D eigenvalue weighted by Crippen LogP contribution is -2.38. The van der Waals surface area contributed by atoms with E-state index in [-0.39, 0.29) is 30.4 Å². The van der Waals surface area contributed by atoms with Crippen LogP contribution in [0.3, 0.4) is 0 Å². The molecule has 4 rings (SSSR count). The van der Waals surface area contributed by atoms with Gasteiger partial charge in [-0.3, -0.25) is 8.98 Å². The molecule has 15 heteroatoms. The number of nitrogens with zero attached hydrogens (tertiary/aromatic N) is 2. The smallest absolute Gasteiger partial charge is 0.423 e. The summed E-state index contributed by atoms with van der Waals surface area (Å²) < 4.78 is 41.6. The third kappa shape index (κ3) is 10.7. The van der Waals surface area contributed by atoms with Crippen molar-refractivity contribution in [2.45, 2.75) is 78.0 Å². The van der Waals surface area contributed by atoms with E-state index in [2.05, 4.69) is 15.3 Å². The molecular weight excluding hydrogens is 668 g/mol. The number of hydrogen-bond donors (Lipinski definition) is 3. The number of aromatic nitrogens is 2. The van der Waals surface area contributed by atoms with Crippen molar-refractivity contribution in [3.8, 4) is 0 Å². The van der Waals surface area contributed by atoms with E-state index >= 15 is 0 Å². The third-order valence-corrected chi connectivity index (χ3v) is 9.70. The molecule has 3 N–H and O–H groups in total. The Bertz CT molecular complexity index is 1680. The first kappa shape index (κ1) is 36.7. The van der Waals surface area contributed by atoms with Crippen LogP contribution in [0.15, 0.2) is 36.8 Å². The monoisotopic (exact) mass is 708 g/mol. The molecule has 0 unspecified atom stereocenters. The van der Waals surface area contributed by atoms with E-state index in [9.17, 15) is 23.1 Å². The molecule has 3 aromatic rings. The van der Waals surface area contributed by atoms with Crippen LogP contribution in [-0.2, 0) is 36.8 Å². The van der Waals surface area contributed by atoms with Crippen molar-refractivity contribution in [2.24, 2.45) is 5.92 Å². The van der Waals surface area contributed by atoms with Gasteiger partial charge in [-0.25, -0.2) is 14.8 Å². The fraction of sp³-hybridized carbons (Fsp3) is 0.500. The van der Waals surface area contributed by atoms with Crippen LogP contribution in [0.2, 0.25) is 5.02 Å². The van der Waals surface area contributed by atoms with Gasteiger partial charge in [0.2, 0.25) is 5.78 Å². The predicted octanol–water partition coefficient (Wildman–Crippen LogP) is 5.24. The number of amides is 1. The van der Waals surface area contributed by atoms with Gasteiger partial charge in [0.25, 0.3) is 0 Å². The Balaban J connectivity index is 1.41. The number of nitrogens with one attached hydrogen (secondary N) is 2. The Labute approximate surface area is 284 Å². The summed E-state index contributed by atoms with van der Waals surface area (Å²) in [7, 11) is -4.45. The average Bonchev–Trinajstić information content (AvgIpc) is 3.52. The summed E-state index contributed by atoms with van der Waals surface area (Å²) in [5.74, 6) is -0.493. The Hall–Kier alpha value is -3.14. The number of thiophene rings is 1. The van der Waals surface area contributed by atoms with Crippen molar-refractivity contribution in [1.82, 2.24) is 14.7 Å². The molecule has 0 saturated heterocycles. The first-order valence-electron chi connectivity index (χ1n) is 15.3. The number of ether oxygens (including phenoxy) is 2. The highest BCUT2D eigenvalue weighted by Crippen LogP contribution is 2.32. The molecule has 1 aliphatic rings. The number of benzene rings is 1. The number of hydrogen-bond acceptors (Lipinski definition) is 12. The molecule has 0 radical (unpaired) electrons. The number of carbonyl (C=O) groups excluding carboxylic acids is 2. The van der Waals surface area contributed by atoms with E-state index in [0.717, 1.165) is 28.0 Å². The zero-order valence-electron chi connectivity index (χ0n) is 27.0. The van der Waals surface area contributed by atoms with Crippen molar-refractivity contribution >= 4 is 50.9 Å². The van der Waals surface area contributed by atoms with E-state index < -0.39 is 34.0 Å². The van der Waals surface area contributed by atoms with Gasteiger partial charge < -0.3 is 19.9 Å². The lowest BCUT2D eigenvalue weighted by molar-refractivity contribution is 0.0558. The number of ketones is 1. The highest BCUT2D eigenvalue weighted by Gasteiger charge is 2.35. The van der Waals surface area contributed by atoms with Crippen LogP contribution in [0.25, 0.3) is 0 Å². The Morgan fingerprint density at radius 2 is 1.91 bits per heavy atom. The number of aryl methyl sites for hydroxylation is 1. The van der Waals surface area contributed by atoms with Crippen LogP contribution in [0, 0.1) is 12.8 Å². The Morgan fingerprint density at radius 3 is 2.64 bits per heavy atom. The second-order valence-electron chi connectivity index (χ2n) is 12.3. The number of halogens is 1. The van der Waals surface area contributed by atoms with Crippen LogP contribution in [-0.4, -0.2) is 72.9 Å². The summed E-state index contributed by atoms with van der Waals surface area (Å²) >= 11 is 7.72. The molecule has 0 spiro atoms. The van der Waals surface area contributed by atoms with Gasteiger partial charge >= 0.3 is 16.4 Å². The fourth-order valence-electron chi connectivity index (χ4n) is 5.29. The highest BCUT2D eigenvalue weighted by molar-refractivity contribution is 7.85. The maximum atomic E-state index is 13.7. The van der Waals surface area contributed by atoms with Crippen molar-refractivity contribution in [3.63, 3.8) is 0 Å². The minimum atomic E-state index is -4.45. The van der Waals surface area contributed by atoms with Crippen molar-refractivity contribution in [1.29, 1.82) is 0 Å². The molecule has 256 valence electrons. The molecule has 47 heavy (non-hydrogen) atoms. The molecule has 1 fully saturated rings. The minimum Gasteiger partial charge on any atom is -0.443 e. The number of carbonyl (C=O) groups is 2. The van der Waals surface area contributed by atoms with Crippen LogP contribution >= 0.6 is 22.9 Å². The van der Waals surface area contributed by atoms with Crippen LogP contribution in [0.5, 0.6) is 0 Å². The average molecular weight is 709 g/mol. The molecule has 2 heterocycles. The topological polar surface area (TPSA) is 166 Å². The molecule has 3 atom stereocenters. The summed E-state index contributed by atoms with van der Waals surface area (Å²) in [6, 6.07) is 7.40. The third-order valence-electron chi connectivity index (χ3n) is 7.51. The van der Waals surface area contributed by atoms with Gasteiger partial charge in [0.1, 0.15) is 17.7 Å². The van der Waals surface area contributed by atoms with Crippen LogP contribution in [0.4, 0.5) is 10.6 Å². The van der Waals surface area contributed by atoms with Gasteiger partial charge in [0.15, 0.2) is 0 Å². The SMILES string of the molecule is CCOCCc1ccc(Cl)cc1Cc1cc(C(=O)c2cncnc2N[C@@H]2C[C@H](COS(=O)(=O)NC(=O)OC(C)(C)C)[C@@H](O)C2)sc1C. The zero-order valence-corrected chi connectivity index (χ0v) is 29.4. The van der Waals surface area contributed by atoms with Gasteiger partial charge in [0.05, 0.1) is 29.8 Å². The maximum Gasteiger partial charge on any atom is 0.423 e. The molecule has 12 nitrogen and oxygen atoms in total. The Kier molecular flexibility index (Phi) is 12.4. The first-order valence-corrected chi connectivity index (χ1v) is 17.9. The first-order chi connectivity index (χ1) is 22.1. The van der Waals surface area contributed by atoms with Crippen LogP contribution < -0.4 is 10.0 Å². The van der Waals surface area contributed by atoms with Gasteiger partial charge in [-0.1, -0.05) is 17.7 Å². The molecule has 2 aromatic heterocycles. The number of rotatable bonds is 14. The summed E-state index contributed by atoms with van der Waals surface area (Å²) in [5.41, 5.74) is 2.62. The lowest BCUT2D eigenvalue weighted by Gasteiger charge is -2.20. The molecular formula is C32H41ClN4O8S2. The largest absolute Gasteiger partial charge is 0.443 e. The predicted molar refractivity (Wildman–Crippen MR) is 179 cm³/mol. The lowest BCUT2D eigenvalue weighted by atomic mass is 9.98. The van der Waals surface area contributed by atoms with Gasteiger partial charge in [0, 0.05) is 34.7 Å². The molecule has 0 aliphatic heterocycles. The zero-order chi connectivity index (χ0) is 34.4. The second-order valence-corrected chi connectivity index (χ2v) is 15.4. The van der Waals surface area contributed by atoms with Crippen molar-refractivity contribution in [3.05, 3.63) is 73.8 Å². The maximum absolute atomic E-state index is 13.7. The van der Waals surface area contributed by atoms with Gasteiger partial charge in [-0.15, -0.1) is 11.3 Å². The molecule has 1 saturated carbocycles. The second kappa shape index (κ2) is 15.8. The van der Waals surface area contributed by atoms with Gasteiger partial charge in [-0.05, 0) is 95.2 Å². The van der Waals surface area contributed by atoms with E-state index in [1.165, 1.54) is 23.9 Å². The fourth-order valence-corrected chi connectivity index (χ4v) is 7.14. The highest BCUT2D eigenvalue weighted by atomic mass is 35.5. The summed E-state index contributed by atoms with van der Waals surface area (Å²) in [4.78, 5) is 35.5. The molecule has 1 amide bonds. The van der Waals surface area contributed by atoms with Crippen molar-refractivity contribution in [2.75, 3.05) is 25.1 Å². The number of aliphatic hydroxyl groups excluding tert-OH is 1. The Morgan fingerprint density at radius 1 is 1.15 bits per heavy atom. The minimum absolute atomic E-state index is 0.243. The van der Waals surface area contributed by atoms with E-state index in [1.807, 2.05) is 38.1 Å². The number of anilines is 1. The normalized spacial score (nSPS) is 18.2. The van der Waals surface area contributed by atoms with E-state index in [4.69, 9.17) is 25.3 Å². The number of aliphatic hydroxyl groups is 1. The quantitative estimate of drug-likeness (QED) is 0.148. The van der Waals surface area contributed by atoms with Crippen molar-refractivity contribution < 1.29 is 36.8 Å². The standard InChI is InChI=1S/C32H41ClN4O8S2/c1-6-43-10-9-20-7-8-24(33)12-22(20)11-21-14-28(46-19(21)2)29(39)26-16-34-18-35-30(26)36-25-13-23(27(38)15-25)17-44-47(41,42)37-31(40)45-32(3,4)5/h7-8,12,14,16,18,23,25,27,38H,6,9-11,13,15,17H2,1-5H3,(H,37,40)(H,34,35,36)/t23-,25-,27+/m1/s1. The van der Waals surface area contributed by atoms with E-state index in [1.54, 1.807) is 25.5 Å².